The first-order valence-electron chi connectivity index (χ1n) is 10.4. The van der Waals surface area contributed by atoms with Crippen molar-refractivity contribution in [3.8, 4) is 0 Å². The van der Waals surface area contributed by atoms with Crippen LogP contribution in [0.3, 0.4) is 0 Å². The quantitative estimate of drug-likeness (QED) is 0.601. The Hall–Kier alpha value is -3.38. The number of hydrogen-bond donors (Lipinski definition) is 1. The van der Waals surface area contributed by atoms with E-state index in [0.717, 1.165) is 22.3 Å². The van der Waals surface area contributed by atoms with Crippen LogP contribution in [0, 0.1) is 20.8 Å². The second kappa shape index (κ2) is 8.28. The van der Waals surface area contributed by atoms with Gasteiger partial charge in [-0.3, -0.25) is 4.79 Å². The Labute approximate surface area is 188 Å². The molecule has 0 bridgehead atoms. The molecule has 1 aliphatic heterocycles. The van der Waals surface area contributed by atoms with Crippen molar-refractivity contribution >= 4 is 15.7 Å². The van der Waals surface area contributed by atoms with Crippen molar-refractivity contribution in [2.75, 3.05) is 0 Å². The first-order chi connectivity index (χ1) is 15.2. The first-order valence-corrected chi connectivity index (χ1v) is 11.8. The van der Waals surface area contributed by atoms with Crippen LogP contribution in [-0.2, 0) is 21.2 Å². The molecule has 4 rings (SSSR count). The molecule has 164 valence electrons. The van der Waals surface area contributed by atoms with E-state index in [2.05, 4.69) is 0 Å². The Balaban J connectivity index is 1.84. The van der Waals surface area contributed by atoms with Crippen molar-refractivity contribution in [3.05, 3.63) is 111 Å². The number of amides is 1. The number of rotatable bonds is 5. The molecule has 6 heteroatoms. The van der Waals surface area contributed by atoms with Gasteiger partial charge in [-0.15, -0.1) is 0 Å². The summed E-state index contributed by atoms with van der Waals surface area (Å²) < 4.78 is 27.2. The van der Waals surface area contributed by atoms with Gasteiger partial charge in [0.25, 0.3) is 5.91 Å². The van der Waals surface area contributed by atoms with E-state index in [1.807, 2.05) is 57.2 Å². The van der Waals surface area contributed by atoms with Crippen molar-refractivity contribution in [3.63, 3.8) is 0 Å². The van der Waals surface area contributed by atoms with E-state index >= 15 is 0 Å². The van der Waals surface area contributed by atoms with Crippen molar-refractivity contribution in [1.29, 1.82) is 0 Å². The fourth-order valence-corrected chi connectivity index (χ4v) is 5.53. The fraction of sp³-hybridized carbons (Fsp3) is 0.192. The lowest BCUT2D eigenvalue weighted by atomic mass is 10.0. The van der Waals surface area contributed by atoms with Gasteiger partial charge in [-0.2, -0.15) is 0 Å². The van der Waals surface area contributed by atoms with Crippen LogP contribution in [0.2, 0.25) is 0 Å². The molecule has 5 nitrogen and oxygen atoms in total. The van der Waals surface area contributed by atoms with Gasteiger partial charge in [0.05, 0.1) is 10.9 Å². The van der Waals surface area contributed by atoms with Crippen molar-refractivity contribution in [1.82, 2.24) is 4.90 Å². The molecule has 1 atom stereocenters. The predicted octanol–water partition coefficient (Wildman–Crippen LogP) is 4.94. The Bertz CT molecular complexity index is 1290. The van der Waals surface area contributed by atoms with E-state index in [0.29, 0.717) is 5.56 Å². The van der Waals surface area contributed by atoms with E-state index < -0.39 is 27.5 Å². The van der Waals surface area contributed by atoms with E-state index in [4.69, 9.17) is 0 Å². The Morgan fingerprint density at radius 2 is 1.25 bits per heavy atom. The standard InChI is InChI=1S/C26H25NO4S/c1-17-4-10-20(11-5-17)16-27-23(21-12-6-18(2)7-13-21)25(24(28)26(27)29)32(30,31)22-14-8-19(3)9-15-22/h4-15,23,28H,16H2,1-3H3/t23-/m0/s1. The molecular formula is C26H25NO4S. The monoisotopic (exact) mass is 447 g/mol. The van der Waals surface area contributed by atoms with E-state index in [1.54, 1.807) is 24.3 Å². The first kappa shape index (κ1) is 21.8. The Morgan fingerprint density at radius 1 is 0.781 bits per heavy atom. The van der Waals surface area contributed by atoms with Crippen LogP contribution in [0.4, 0.5) is 0 Å². The van der Waals surface area contributed by atoms with Crippen LogP contribution in [0.25, 0.3) is 0 Å². The summed E-state index contributed by atoms with van der Waals surface area (Å²) in [5, 5.41) is 10.8. The molecule has 0 saturated carbocycles. The van der Waals surface area contributed by atoms with Gasteiger partial charge in [-0.1, -0.05) is 77.4 Å². The molecule has 0 spiro atoms. The summed E-state index contributed by atoms with van der Waals surface area (Å²) in [4.78, 5) is 14.3. The second-order valence-corrected chi connectivity index (χ2v) is 10.2. The third-order valence-electron chi connectivity index (χ3n) is 5.74. The molecule has 1 aliphatic rings. The zero-order chi connectivity index (χ0) is 23.0. The molecule has 0 unspecified atom stereocenters. The highest BCUT2D eigenvalue weighted by molar-refractivity contribution is 7.95. The lowest BCUT2D eigenvalue weighted by Gasteiger charge is -2.27. The number of carbonyl (C=O) groups is 1. The number of nitrogens with zero attached hydrogens (tertiary/aromatic N) is 1. The average Bonchev–Trinajstić information content (AvgIpc) is 3.01. The zero-order valence-electron chi connectivity index (χ0n) is 18.2. The van der Waals surface area contributed by atoms with Gasteiger partial charge in [0, 0.05) is 6.54 Å². The third-order valence-corrected chi connectivity index (χ3v) is 7.63. The van der Waals surface area contributed by atoms with Gasteiger partial charge in [0.15, 0.2) is 5.76 Å². The highest BCUT2D eigenvalue weighted by Crippen LogP contribution is 2.43. The minimum absolute atomic E-state index is 0.0479. The molecular weight excluding hydrogens is 422 g/mol. The second-order valence-electron chi connectivity index (χ2n) is 8.26. The van der Waals surface area contributed by atoms with Crippen LogP contribution >= 0.6 is 0 Å². The number of sulfone groups is 1. The third kappa shape index (κ3) is 3.94. The normalized spacial score (nSPS) is 16.7. The van der Waals surface area contributed by atoms with Gasteiger partial charge in [0.2, 0.25) is 9.84 Å². The zero-order valence-corrected chi connectivity index (χ0v) is 19.1. The van der Waals surface area contributed by atoms with Crippen molar-refractivity contribution in [2.45, 2.75) is 38.3 Å². The number of aliphatic hydroxyl groups is 1. The summed E-state index contributed by atoms with van der Waals surface area (Å²) in [5.41, 5.74) is 4.49. The molecule has 0 radical (unpaired) electrons. The van der Waals surface area contributed by atoms with Gasteiger partial charge in [0.1, 0.15) is 4.91 Å². The fourth-order valence-electron chi connectivity index (χ4n) is 3.88. The van der Waals surface area contributed by atoms with Gasteiger partial charge in [-0.25, -0.2) is 8.42 Å². The van der Waals surface area contributed by atoms with E-state index in [-0.39, 0.29) is 16.3 Å². The molecule has 1 amide bonds. The lowest BCUT2D eigenvalue weighted by Crippen LogP contribution is -2.30. The number of hydrogen-bond acceptors (Lipinski definition) is 4. The summed E-state index contributed by atoms with van der Waals surface area (Å²) in [6.45, 7) is 5.95. The molecule has 3 aromatic rings. The van der Waals surface area contributed by atoms with Crippen molar-refractivity contribution in [2.24, 2.45) is 0 Å². The molecule has 32 heavy (non-hydrogen) atoms. The Kier molecular flexibility index (Phi) is 5.65. The topological polar surface area (TPSA) is 74.7 Å². The average molecular weight is 448 g/mol. The van der Waals surface area contributed by atoms with Crippen LogP contribution in [0.5, 0.6) is 0 Å². The van der Waals surface area contributed by atoms with Crippen LogP contribution in [-0.4, -0.2) is 24.3 Å². The summed E-state index contributed by atoms with van der Waals surface area (Å²) >= 11 is 0. The van der Waals surface area contributed by atoms with Gasteiger partial charge >= 0.3 is 0 Å². The molecule has 0 aromatic heterocycles. The number of aryl methyl sites for hydroxylation is 3. The van der Waals surface area contributed by atoms with E-state index in [1.165, 1.54) is 17.0 Å². The molecule has 0 aliphatic carbocycles. The highest BCUT2D eigenvalue weighted by Gasteiger charge is 2.46. The van der Waals surface area contributed by atoms with Crippen LogP contribution < -0.4 is 0 Å². The summed E-state index contributed by atoms with van der Waals surface area (Å²) in [6.07, 6.45) is 0. The van der Waals surface area contributed by atoms with Crippen molar-refractivity contribution < 1.29 is 18.3 Å². The minimum atomic E-state index is -4.11. The van der Waals surface area contributed by atoms with Crippen LogP contribution in [0.15, 0.2) is 88.4 Å². The van der Waals surface area contributed by atoms with Crippen LogP contribution in [0.1, 0.15) is 33.9 Å². The van der Waals surface area contributed by atoms with Gasteiger partial charge < -0.3 is 10.0 Å². The maximum Gasteiger partial charge on any atom is 0.290 e. The summed E-state index contributed by atoms with van der Waals surface area (Å²) in [5.74, 6) is -1.41. The van der Waals surface area contributed by atoms with Gasteiger partial charge in [-0.05, 0) is 44.0 Å². The molecule has 0 saturated heterocycles. The summed E-state index contributed by atoms with van der Waals surface area (Å²) in [6, 6.07) is 20.5. The predicted molar refractivity (Wildman–Crippen MR) is 124 cm³/mol. The SMILES string of the molecule is Cc1ccc(CN2C(=O)C(O)=C(S(=O)(=O)c3ccc(C)cc3)[C@@H]2c2ccc(C)cc2)cc1. The maximum atomic E-state index is 13.6. The molecule has 0 fully saturated rings. The molecule has 1 heterocycles. The van der Waals surface area contributed by atoms with E-state index in [9.17, 15) is 18.3 Å². The number of benzene rings is 3. The minimum Gasteiger partial charge on any atom is -0.502 e. The Morgan fingerprint density at radius 3 is 1.78 bits per heavy atom. The molecule has 3 aromatic carbocycles. The number of carbonyl (C=O) groups excluding carboxylic acids is 1. The maximum absolute atomic E-state index is 13.6. The number of aliphatic hydroxyl groups excluding tert-OH is 1. The smallest absolute Gasteiger partial charge is 0.290 e. The highest BCUT2D eigenvalue weighted by atomic mass is 32.2. The summed E-state index contributed by atoms with van der Waals surface area (Å²) in [7, 11) is -4.11. The lowest BCUT2D eigenvalue weighted by molar-refractivity contribution is -0.130. The molecule has 1 N–H and O–H groups in total. The largest absolute Gasteiger partial charge is 0.502 e.